The van der Waals surface area contributed by atoms with Crippen LogP contribution in [-0.2, 0) is 4.79 Å². The number of aromatic nitrogens is 1. The zero-order chi connectivity index (χ0) is 22.7. The summed E-state index contributed by atoms with van der Waals surface area (Å²) in [6.45, 7) is 1.59. The van der Waals surface area contributed by atoms with Gasteiger partial charge in [0.05, 0.1) is 12.7 Å². The predicted molar refractivity (Wildman–Crippen MR) is 118 cm³/mol. The zero-order valence-electron chi connectivity index (χ0n) is 18.0. The van der Waals surface area contributed by atoms with E-state index in [2.05, 4.69) is 4.98 Å². The molecule has 1 heterocycles. The Morgan fingerprint density at radius 2 is 1.88 bits per heavy atom. The molecule has 0 saturated heterocycles. The molecule has 0 radical (unpaired) electrons. The highest BCUT2D eigenvalue weighted by molar-refractivity contribution is 5.92. The average molecular weight is 433 g/mol. The number of rotatable bonds is 8. The minimum absolute atomic E-state index is 0.125. The number of methoxy groups -OCH3 is 1. The quantitative estimate of drug-likeness (QED) is 0.342. The molecule has 5 nitrogen and oxygen atoms in total. The van der Waals surface area contributed by atoms with Crippen LogP contribution in [-0.4, -0.2) is 23.8 Å². The van der Waals surface area contributed by atoms with Gasteiger partial charge >= 0.3 is 5.97 Å². The van der Waals surface area contributed by atoms with Crippen molar-refractivity contribution in [3.8, 4) is 22.8 Å². The van der Waals surface area contributed by atoms with Gasteiger partial charge in [0, 0.05) is 18.7 Å². The van der Waals surface area contributed by atoms with Crippen molar-refractivity contribution in [2.45, 2.75) is 32.1 Å². The standard InChI is InChI=1S/C26H24FNO4/c1-16(29)12-23(17-6-7-17)20-4-3-5-21(13-20)32-26(30)22-9-8-18(14-24(22)27)19-10-11-28-25(15-19)31-2/h3-5,8-11,13-15,17,23H,6-7,12H2,1-2H3/t23-/m0/s1. The first-order chi connectivity index (χ1) is 15.4. The van der Waals surface area contributed by atoms with E-state index in [0.717, 1.165) is 24.0 Å². The van der Waals surface area contributed by atoms with Crippen molar-refractivity contribution in [1.29, 1.82) is 0 Å². The number of carbonyl (C=O) groups is 2. The third-order valence-electron chi connectivity index (χ3n) is 5.66. The number of hydrogen-bond acceptors (Lipinski definition) is 5. The highest BCUT2D eigenvalue weighted by Gasteiger charge is 2.33. The van der Waals surface area contributed by atoms with Crippen LogP contribution in [0.5, 0.6) is 11.6 Å². The van der Waals surface area contributed by atoms with Crippen molar-refractivity contribution < 1.29 is 23.5 Å². The third kappa shape index (κ3) is 5.02. The highest BCUT2D eigenvalue weighted by atomic mass is 19.1. The van der Waals surface area contributed by atoms with E-state index in [1.165, 1.54) is 19.2 Å². The van der Waals surface area contributed by atoms with E-state index in [4.69, 9.17) is 9.47 Å². The van der Waals surface area contributed by atoms with Crippen molar-refractivity contribution in [3.63, 3.8) is 0 Å². The van der Waals surface area contributed by atoms with Gasteiger partial charge in [0.15, 0.2) is 0 Å². The fourth-order valence-electron chi connectivity index (χ4n) is 3.90. The number of ether oxygens (including phenoxy) is 2. The number of pyridine rings is 1. The van der Waals surface area contributed by atoms with Gasteiger partial charge < -0.3 is 14.3 Å². The maximum atomic E-state index is 14.8. The lowest BCUT2D eigenvalue weighted by atomic mass is 9.89. The Balaban J connectivity index is 1.52. The lowest BCUT2D eigenvalue weighted by Crippen LogP contribution is -2.12. The van der Waals surface area contributed by atoms with Gasteiger partial charge in [-0.05, 0) is 78.6 Å². The minimum Gasteiger partial charge on any atom is -0.481 e. The second-order valence-electron chi connectivity index (χ2n) is 8.09. The Morgan fingerprint density at radius 1 is 1.09 bits per heavy atom. The number of nitrogens with zero attached hydrogens (tertiary/aromatic N) is 1. The van der Waals surface area contributed by atoms with Crippen LogP contribution in [0, 0.1) is 11.7 Å². The first-order valence-electron chi connectivity index (χ1n) is 10.6. The van der Waals surface area contributed by atoms with Gasteiger partial charge in [-0.2, -0.15) is 0 Å². The first-order valence-corrected chi connectivity index (χ1v) is 10.6. The Bertz CT molecular complexity index is 1160. The number of Topliss-reactive ketones (excluding diaryl/α,β-unsaturated/α-hetero) is 1. The van der Waals surface area contributed by atoms with Crippen molar-refractivity contribution in [3.05, 3.63) is 77.7 Å². The summed E-state index contributed by atoms with van der Waals surface area (Å²) in [6, 6.07) is 15.0. The van der Waals surface area contributed by atoms with Crippen LogP contribution in [0.1, 0.15) is 48.0 Å². The third-order valence-corrected chi connectivity index (χ3v) is 5.66. The summed E-state index contributed by atoms with van der Waals surface area (Å²) in [7, 11) is 1.51. The number of ketones is 1. The summed E-state index contributed by atoms with van der Waals surface area (Å²) in [5.74, 6) is 0.0592. The van der Waals surface area contributed by atoms with Gasteiger partial charge in [-0.15, -0.1) is 0 Å². The van der Waals surface area contributed by atoms with Crippen molar-refractivity contribution in [2.75, 3.05) is 7.11 Å². The van der Waals surface area contributed by atoms with Crippen LogP contribution in [0.4, 0.5) is 4.39 Å². The number of carbonyl (C=O) groups excluding carboxylic acids is 2. The van der Waals surface area contributed by atoms with E-state index in [1.54, 1.807) is 49.5 Å². The fourth-order valence-corrected chi connectivity index (χ4v) is 3.90. The lowest BCUT2D eigenvalue weighted by Gasteiger charge is -2.16. The Kier molecular flexibility index (Phi) is 6.30. The van der Waals surface area contributed by atoms with Gasteiger partial charge in [-0.25, -0.2) is 14.2 Å². The molecular formula is C26H24FNO4. The molecule has 6 heteroatoms. The number of esters is 1. The van der Waals surface area contributed by atoms with E-state index in [9.17, 15) is 14.0 Å². The van der Waals surface area contributed by atoms with Gasteiger partial charge in [0.2, 0.25) is 5.88 Å². The molecule has 1 aliphatic rings. The number of hydrogen-bond donors (Lipinski definition) is 0. The van der Waals surface area contributed by atoms with E-state index in [0.29, 0.717) is 29.5 Å². The van der Waals surface area contributed by atoms with Crippen LogP contribution < -0.4 is 9.47 Å². The molecule has 1 atom stereocenters. The predicted octanol–water partition coefficient (Wildman–Crippen LogP) is 5.59. The molecule has 32 heavy (non-hydrogen) atoms. The maximum absolute atomic E-state index is 14.8. The van der Waals surface area contributed by atoms with Crippen molar-refractivity contribution in [1.82, 2.24) is 4.98 Å². The molecule has 3 aromatic rings. The number of benzene rings is 2. The molecule has 1 aliphatic carbocycles. The smallest absolute Gasteiger partial charge is 0.346 e. The average Bonchev–Trinajstić information content (AvgIpc) is 3.62. The molecule has 164 valence electrons. The Hall–Kier alpha value is -3.54. The largest absolute Gasteiger partial charge is 0.481 e. The molecule has 1 aromatic heterocycles. The monoisotopic (exact) mass is 433 g/mol. The van der Waals surface area contributed by atoms with Crippen LogP contribution in [0.3, 0.4) is 0 Å². The molecule has 2 aromatic carbocycles. The SMILES string of the molecule is COc1cc(-c2ccc(C(=O)Oc3cccc([C@@H](CC(C)=O)C4CC4)c3)c(F)c2)ccn1. The summed E-state index contributed by atoms with van der Waals surface area (Å²) < 4.78 is 25.3. The summed E-state index contributed by atoms with van der Waals surface area (Å²) in [5, 5.41) is 0. The molecule has 1 saturated carbocycles. The van der Waals surface area contributed by atoms with Crippen LogP contribution >= 0.6 is 0 Å². The molecule has 4 rings (SSSR count). The van der Waals surface area contributed by atoms with E-state index in [1.807, 2.05) is 6.07 Å². The normalized spacial score (nSPS) is 14.0. The van der Waals surface area contributed by atoms with Gasteiger partial charge in [0.25, 0.3) is 0 Å². The highest BCUT2D eigenvalue weighted by Crippen LogP contribution is 2.45. The van der Waals surface area contributed by atoms with E-state index in [-0.39, 0.29) is 17.3 Å². The molecule has 0 unspecified atom stereocenters. The summed E-state index contributed by atoms with van der Waals surface area (Å²) >= 11 is 0. The molecule has 0 aliphatic heterocycles. The molecule has 0 spiro atoms. The van der Waals surface area contributed by atoms with Crippen molar-refractivity contribution in [2.24, 2.45) is 5.92 Å². The summed E-state index contributed by atoms with van der Waals surface area (Å²) in [4.78, 5) is 28.4. The maximum Gasteiger partial charge on any atom is 0.346 e. The second-order valence-corrected chi connectivity index (χ2v) is 8.09. The molecular weight excluding hydrogens is 409 g/mol. The summed E-state index contributed by atoms with van der Waals surface area (Å²) in [5.41, 5.74) is 2.14. The number of halogens is 1. The Labute approximate surface area is 186 Å². The van der Waals surface area contributed by atoms with Gasteiger partial charge in [-0.1, -0.05) is 18.2 Å². The van der Waals surface area contributed by atoms with Crippen LogP contribution in [0.25, 0.3) is 11.1 Å². The summed E-state index contributed by atoms with van der Waals surface area (Å²) in [6.07, 6.45) is 4.24. The second kappa shape index (κ2) is 9.30. The molecule has 0 N–H and O–H groups in total. The van der Waals surface area contributed by atoms with E-state index < -0.39 is 11.8 Å². The van der Waals surface area contributed by atoms with Gasteiger partial charge in [-0.3, -0.25) is 0 Å². The van der Waals surface area contributed by atoms with E-state index >= 15 is 0 Å². The molecule has 0 bridgehead atoms. The zero-order valence-corrected chi connectivity index (χ0v) is 18.0. The fraction of sp³-hybridized carbons (Fsp3) is 0.269. The van der Waals surface area contributed by atoms with Crippen LogP contribution in [0.15, 0.2) is 60.8 Å². The van der Waals surface area contributed by atoms with Gasteiger partial charge in [0.1, 0.15) is 17.3 Å². The van der Waals surface area contributed by atoms with Crippen LogP contribution in [0.2, 0.25) is 0 Å². The Morgan fingerprint density at radius 3 is 2.56 bits per heavy atom. The molecule has 0 amide bonds. The minimum atomic E-state index is -0.770. The topological polar surface area (TPSA) is 65.5 Å². The molecule has 1 fully saturated rings. The van der Waals surface area contributed by atoms with Crippen molar-refractivity contribution >= 4 is 11.8 Å². The first kappa shape index (κ1) is 21.7. The lowest BCUT2D eigenvalue weighted by molar-refractivity contribution is -0.117.